The highest BCUT2D eigenvalue weighted by Crippen LogP contribution is 2.18. The minimum Gasteiger partial charge on any atom is -0.192 e. The van der Waals surface area contributed by atoms with Crippen molar-refractivity contribution >= 4 is 5.57 Å². The Balaban J connectivity index is 3.08. The summed E-state index contributed by atoms with van der Waals surface area (Å²) >= 11 is 0. The van der Waals surface area contributed by atoms with Crippen LogP contribution in [0, 0.1) is 28.6 Å². The highest BCUT2D eigenvalue weighted by Gasteiger charge is 2.06. The molecule has 0 aliphatic heterocycles. The van der Waals surface area contributed by atoms with Gasteiger partial charge in [-0.15, -0.1) is 0 Å². The van der Waals surface area contributed by atoms with Gasteiger partial charge in [-0.2, -0.15) is 5.26 Å². The van der Waals surface area contributed by atoms with Gasteiger partial charge in [0.2, 0.25) is 0 Å². The number of hydrogen-bond acceptors (Lipinski definition) is 1. The van der Waals surface area contributed by atoms with E-state index in [2.05, 4.69) is 45.3 Å². The molecule has 0 fully saturated rings. The SMILES string of the molecule is C=C(C#CC(C)(C)C)c1ccc(CC)c(C#N)c1. The minimum atomic E-state index is -0.0373. The van der Waals surface area contributed by atoms with Crippen molar-refractivity contribution in [2.45, 2.75) is 34.1 Å². The van der Waals surface area contributed by atoms with E-state index in [9.17, 15) is 0 Å². The van der Waals surface area contributed by atoms with Gasteiger partial charge >= 0.3 is 0 Å². The number of nitriles is 1. The first-order chi connectivity index (χ1) is 8.37. The second-order valence-corrected chi connectivity index (χ2v) is 5.32. The van der Waals surface area contributed by atoms with Gasteiger partial charge < -0.3 is 0 Å². The lowest BCUT2D eigenvalue weighted by Gasteiger charge is -2.08. The summed E-state index contributed by atoms with van der Waals surface area (Å²) in [5, 5.41) is 9.10. The third kappa shape index (κ3) is 3.79. The Morgan fingerprint density at radius 3 is 2.50 bits per heavy atom. The molecule has 0 bridgehead atoms. The summed E-state index contributed by atoms with van der Waals surface area (Å²) in [6.45, 7) is 12.2. The van der Waals surface area contributed by atoms with Gasteiger partial charge in [-0.3, -0.25) is 0 Å². The first-order valence-corrected chi connectivity index (χ1v) is 6.13. The molecular weight excluding hydrogens is 218 g/mol. The molecule has 0 aromatic heterocycles. The molecule has 0 aliphatic rings. The Hall–Kier alpha value is -1.99. The lowest BCUT2D eigenvalue weighted by molar-refractivity contribution is 0.571. The maximum atomic E-state index is 9.10. The Bertz CT molecular complexity index is 554. The van der Waals surface area contributed by atoms with Crippen LogP contribution in [0.25, 0.3) is 5.57 Å². The molecule has 0 saturated carbocycles. The van der Waals surface area contributed by atoms with Crippen LogP contribution in [0.5, 0.6) is 0 Å². The average molecular weight is 237 g/mol. The lowest BCUT2D eigenvalue weighted by atomic mass is 9.95. The molecule has 0 N–H and O–H groups in total. The number of hydrogen-bond donors (Lipinski definition) is 0. The van der Waals surface area contributed by atoms with Crippen LogP contribution < -0.4 is 0 Å². The smallest absolute Gasteiger partial charge is 0.0994 e. The van der Waals surface area contributed by atoms with E-state index < -0.39 is 0 Å². The summed E-state index contributed by atoms with van der Waals surface area (Å²) in [7, 11) is 0. The van der Waals surface area contributed by atoms with Crippen molar-refractivity contribution in [3.63, 3.8) is 0 Å². The second kappa shape index (κ2) is 5.56. The average Bonchev–Trinajstić information content (AvgIpc) is 2.34. The van der Waals surface area contributed by atoms with Crippen LogP contribution in [-0.2, 0) is 6.42 Å². The quantitative estimate of drug-likeness (QED) is 0.708. The Morgan fingerprint density at radius 2 is 2.00 bits per heavy atom. The van der Waals surface area contributed by atoms with Crippen molar-refractivity contribution in [1.29, 1.82) is 5.26 Å². The van der Waals surface area contributed by atoms with Crippen molar-refractivity contribution in [3.05, 3.63) is 41.5 Å². The number of rotatable bonds is 2. The van der Waals surface area contributed by atoms with E-state index in [0.29, 0.717) is 5.56 Å². The van der Waals surface area contributed by atoms with Crippen LogP contribution >= 0.6 is 0 Å². The molecule has 1 rings (SSSR count). The second-order valence-electron chi connectivity index (χ2n) is 5.32. The van der Waals surface area contributed by atoms with E-state index in [4.69, 9.17) is 5.26 Å². The van der Waals surface area contributed by atoms with Gasteiger partial charge in [0.05, 0.1) is 11.6 Å². The van der Waals surface area contributed by atoms with Crippen LogP contribution in [0.3, 0.4) is 0 Å². The van der Waals surface area contributed by atoms with Gasteiger partial charge in [0.1, 0.15) is 0 Å². The van der Waals surface area contributed by atoms with Crippen LogP contribution in [0.2, 0.25) is 0 Å². The zero-order valence-electron chi connectivity index (χ0n) is 11.6. The summed E-state index contributed by atoms with van der Waals surface area (Å²) in [4.78, 5) is 0. The molecule has 1 heteroatoms. The number of nitrogens with zero attached hydrogens (tertiary/aromatic N) is 1. The predicted octanol–water partition coefficient (Wildman–Crippen LogP) is 4.18. The third-order valence-corrected chi connectivity index (χ3v) is 2.55. The molecule has 1 nitrogen and oxygen atoms in total. The van der Waals surface area contributed by atoms with Crippen LogP contribution in [0.4, 0.5) is 0 Å². The highest BCUT2D eigenvalue weighted by molar-refractivity contribution is 5.78. The fraction of sp³-hybridized carbons (Fsp3) is 0.353. The minimum absolute atomic E-state index is 0.0373. The number of benzene rings is 1. The molecule has 1 aromatic rings. The predicted molar refractivity (Wildman–Crippen MR) is 76.8 cm³/mol. The zero-order chi connectivity index (χ0) is 13.8. The molecule has 0 aliphatic carbocycles. The molecule has 0 unspecified atom stereocenters. The van der Waals surface area contributed by atoms with Gasteiger partial charge in [-0.1, -0.05) is 37.5 Å². The molecule has 0 heterocycles. The molecule has 92 valence electrons. The summed E-state index contributed by atoms with van der Waals surface area (Å²) in [6, 6.07) is 8.07. The Morgan fingerprint density at radius 1 is 1.33 bits per heavy atom. The molecule has 18 heavy (non-hydrogen) atoms. The normalized spacial score (nSPS) is 10.2. The molecule has 0 radical (unpaired) electrons. The van der Waals surface area contributed by atoms with Gasteiger partial charge in [0.25, 0.3) is 0 Å². The maximum Gasteiger partial charge on any atom is 0.0994 e. The van der Waals surface area contributed by atoms with Crippen LogP contribution in [-0.4, -0.2) is 0 Å². The molecular formula is C17H19N. The summed E-state index contributed by atoms with van der Waals surface area (Å²) in [6.07, 6.45) is 0.864. The Labute approximate surface area is 110 Å². The first kappa shape index (κ1) is 14.1. The Kier molecular flexibility index (Phi) is 4.35. The van der Waals surface area contributed by atoms with Crippen molar-refractivity contribution in [2.75, 3.05) is 0 Å². The monoisotopic (exact) mass is 237 g/mol. The maximum absolute atomic E-state index is 9.10. The van der Waals surface area contributed by atoms with E-state index in [0.717, 1.165) is 23.1 Å². The fourth-order valence-corrected chi connectivity index (χ4v) is 1.51. The van der Waals surface area contributed by atoms with E-state index in [1.165, 1.54) is 0 Å². The van der Waals surface area contributed by atoms with Gasteiger partial charge in [-0.05, 0) is 44.4 Å². The van der Waals surface area contributed by atoms with E-state index in [-0.39, 0.29) is 5.41 Å². The van der Waals surface area contributed by atoms with E-state index in [1.54, 1.807) is 0 Å². The largest absolute Gasteiger partial charge is 0.192 e. The van der Waals surface area contributed by atoms with E-state index in [1.807, 2.05) is 25.1 Å². The van der Waals surface area contributed by atoms with Crippen molar-refractivity contribution < 1.29 is 0 Å². The zero-order valence-corrected chi connectivity index (χ0v) is 11.6. The molecule has 0 amide bonds. The van der Waals surface area contributed by atoms with Crippen LogP contribution in [0.15, 0.2) is 24.8 Å². The lowest BCUT2D eigenvalue weighted by Crippen LogP contribution is -1.99. The fourth-order valence-electron chi connectivity index (χ4n) is 1.51. The summed E-state index contributed by atoms with van der Waals surface area (Å²) in [5.41, 5.74) is 3.45. The first-order valence-electron chi connectivity index (χ1n) is 6.13. The third-order valence-electron chi connectivity index (χ3n) is 2.55. The summed E-state index contributed by atoms with van der Waals surface area (Å²) in [5.74, 6) is 6.23. The van der Waals surface area contributed by atoms with Gasteiger partial charge in [0.15, 0.2) is 0 Å². The molecule has 1 aromatic carbocycles. The van der Waals surface area contributed by atoms with Gasteiger partial charge in [0, 0.05) is 11.0 Å². The van der Waals surface area contributed by atoms with Crippen molar-refractivity contribution in [2.24, 2.45) is 5.41 Å². The highest BCUT2D eigenvalue weighted by atomic mass is 14.2. The van der Waals surface area contributed by atoms with E-state index >= 15 is 0 Å². The number of allylic oxidation sites excluding steroid dienone is 1. The van der Waals surface area contributed by atoms with Crippen molar-refractivity contribution in [1.82, 2.24) is 0 Å². The molecule has 0 saturated heterocycles. The van der Waals surface area contributed by atoms with Crippen LogP contribution in [0.1, 0.15) is 44.4 Å². The van der Waals surface area contributed by atoms with Crippen molar-refractivity contribution in [3.8, 4) is 17.9 Å². The topological polar surface area (TPSA) is 23.8 Å². The molecule has 0 spiro atoms. The standard InChI is InChI=1S/C17H19N/c1-6-14-7-8-15(11-16(14)12-18)13(2)9-10-17(3,4)5/h7-8,11H,2,6H2,1,3-5H3. The number of aryl methyl sites for hydroxylation is 1. The van der Waals surface area contributed by atoms with Gasteiger partial charge in [-0.25, -0.2) is 0 Å². The molecule has 0 atom stereocenters. The summed E-state index contributed by atoms with van der Waals surface area (Å²) < 4.78 is 0.